The van der Waals surface area contributed by atoms with E-state index in [4.69, 9.17) is 0 Å². The molecule has 0 atom stereocenters. The molecule has 0 N–H and O–H groups in total. The van der Waals surface area contributed by atoms with E-state index >= 15 is 0 Å². The fraction of sp³-hybridized carbons (Fsp3) is 0.200. The summed E-state index contributed by atoms with van der Waals surface area (Å²) in [6.45, 7) is 1.53. The average molecular weight is 161 g/mol. The number of carbonyl (C=O) groups excluding carboxylic acids is 1. The lowest BCUT2D eigenvalue weighted by atomic mass is 10.2. The minimum atomic E-state index is 0.0335. The monoisotopic (exact) mass is 161 g/mol. The standard InChI is InChI=1S/C10H11NO/c1-9(12)10-7-5-3-2-4-6-8-11-10/h2-6,8H,7H2,1H3/b4-2-,5-3+,8-6+,11-10?. The second kappa shape index (κ2) is 4.44. The highest BCUT2D eigenvalue weighted by Gasteiger charge is 2.01. The Kier molecular flexibility index (Phi) is 3.20. The Bertz CT molecular complexity index is 282. The quantitative estimate of drug-likeness (QED) is 0.578. The van der Waals surface area contributed by atoms with Crippen LogP contribution in [0.5, 0.6) is 0 Å². The molecule has 0 aromatic rings. The summed E-state index contributed by atoms with van der Waals surface area (Å²) >= 11 is 0. The van der Waals surface area contributed by atoms with Crippen molar-refractivity contribution in [1.29, 1.82) is 0 Å². The summed E-state index contributed by atoms with van der Waals surface area (Å²) < 4.78 is 0. The van der Waals surface area contributed by atoms with E-state index < -0.39 is 0 Å². The van der Waals surface area contributed by atoms with Crippen LogP contribution in [0, 0.1) is 0 Å². The topological polar surface area (TPSA) is 29.4 Å². The Hall–Kier alpha value is -1.44. The Morgan fingerprint density at radius 1 is 1.33 bits per heavy atom. The lowest BCUT2D eigenvalue weighted by Gasteiger charge is -1.93. The molecule has 0 aromatic carbocycles. The van der Waals surface area contributed by atoms with Crippen LogP contribution in [0.4, 0.5) is 0 Å². The van der Waals surface area contributed by atoms with E-state index in [-0.39, 0.29) is 5.78 Å². The number of hydrogen-bond acceptors (Lipinski definition) is 2. The summed E-state index contributed by atoms with van der Waals surface area (Å²) in [5, 5.41) is 0. The highest BCUT2D eigenvalue weighted by Crippen LogP contribution is 1.96. The van der Waals surface area contributed by atoms with Crippen LogP contribution >= 0.6 is 0 Å². The molecule has 0 radical (unpaired) electrons. The Labute approximate surface area is 72.0 Å². The molecule has 0 saturated heterocycles. The number of Topliss-reactive ketones (excluding diaryl/α,β-unsaturated/α-hetero) is 1. The van der Waals surface area contributed by atoms with Crippen molar-refractivity contribution in [3.8, 4) is 0 Å². The number of hydrogen-bond donors (Lipinski definition) is 0. The van der Waals surface area contributed by atoms with Gasteiger partial charge in [-0.1, -0.05) is 24.3 Å². The molecule has 0 aliphatic carbocycles. The molecule has 0 saturated carbocycles. The summed E-state index contributed by atoms with van der Waals surface area (Å²) in [5.74, 6) is 0.0335. The Balaban J connectivity index is 2.81. The van der Waals surface area contributed by atoms with Gasteiger partial charge >= 0.3 is 0 Å². The van der Waals surface area contributed by atoms with Gasteiger partial charge in [-0.2, -0.15) is 0 Å². The minimum absolute atomic E-state index is 0.0335. The van der Waals surface area contributed by atoms with Gasteiger partial charge in [-0.15, -0.1) is 0 Å². The second-order valence-corrected chi connectivity index (χ2v) is 2.49. The van der Waals surface area contributed by atoms with Gasteiger partial charge in [0.05, 0.1) is 5.71 Å². The van der Waals surface area contributed by atoms with Crippen molar-refractivity contribution < 1.29 is 4.79 Å². The molecule has 12 heavy (non-hydrogen) atoms. The molecule has 62 valence electrons. The summed E-state index contributed by atoms with van der Waals surface area (Å²) in [5.41, 5.74) is 0.603. The van der Waals surface area contributed by atoms with Crippen LogP contribution in [0.25, 0.3) is 0 Å². The zero-order valence-electron chi connectivity index (χ0n) is 7.03. The van der Waals surface area contributed by atoms with Crippen LogP contribution in [-0.4, -0.2) is 11.5 Å². The first-order chi connectivity index (χ1) is 5.80. The number of aliphatic imine (C=N–C) groups is 1. The van der Waals surface area contributed by atoms with Crippen molar-refractivity contribution in [3.63, 3.8) is 0 Å². The van der Waals surface area contributed by atoms with Gasteiger partial charge in [0, 0.05) is 19.5 Å². The molecular formula is C10H11NO. The lowest BCUT2D eigenvalue weighted by molar-refractivity contribution is -0.111. The van der Waals surface area contributed by atoms with Crippen LogP contribution in [0.1, 0.15) is 13.3 Å². The van der Waals surface area contributed by atoms with Crippen molar-refractivity contribution in [2.75, 3.05) is 0 Å². The predicted octanol–water partition coefficient (Wildman–Crippen LogP) is 2.05. The average Bonchev–Trinajstić information content (AvgIpc) is 2.15. The molecule has 1 rings (SSSR count). The summed E-state index contributed by atoms with van der Waals surface area (Å²) in [6, 6.07) is 0. The molecule has 1 aliphatic rings. The Morgan fingerprint density at radius 2 is 2.08 bits per heavy atom. The summed E-state index contributed by atoms with van der Waals surface area (Å²) in [6.07, 6.45) is 11.7. The molecular weight excluding hydrogens is 150 g/mol. The van der Waals surface area contributed by atoms with Gasteiger partial charge in [0.15, 0.2) is 5.78 Å². The largest absolute Gasteiger partial charge is 0.293 e. The predicted molar refractivity (Wildman–Crippen MR) is 50.2 cm³/mol. The fourth-order valence-corrected chi connectivity index (χ4v) is 0.857. The van der Waals surface area contributed by atoms with E-state index in [0.717, 1.165) is 0 Å². The van der Waals surface area contributed by atoms with Crippen molar-refractivity contribution >= 4 is 11.5 Å². The van der Waals surface area contributed by atoms with Crippen molar-refractivity contribution in [2.24, 2.45) is 4.99 Å². The van der Waals surface area contributed by atoms with E-state index in [2.05, 4.69) is 4.99 Å². The minimum Gasteiger partial charge on any atom is -0.293 e. The molecule has 1 heterocycles. The van der Waals surface area contributed by atoms with E-state index in [1.807, 2.05) is 24.3 Å². The van der Waals surface area contributed by atoms with Crippen LogP contribution < -0.4 is 0 Å². The second-order valence-electron chi connectivity index (χ2n) is 2.49. The SMILES string of the molecule is CC(=O)C1=N/C=C/C=C\C=C\C1. The molecule has 0 bridgehead atoms. The molecule has 0 aromatic heterocycles. The molecule has 0 unspecified atom stereocenters. The number of nitrogens with zero attached hydrogens (tertiary/aromatic N) is 1. The van der Waals surface area contributed by atoms with Gasteiger partial charge in [-0.05, 0) is 6.08 Å². The lowest BCUT2D eigenvalue weighted by Crippen LogP contribution is -2.07. The van der Waals surface area contributed by atoms with Crippen LogP contribution in [0.2, 0.25) is 0 Å². The molecule has 2 nitrogen and oxygen atoms in total. The first-order valence-corrected chi connectivity index (χ1v) is 3.86. The van der Waals surface area contributed by atoms with Gasteiger partial charge in [0.2, 0.25) is 0 Å². The van der Waals surface area contributed by atoms with Gasteiger partial charge in [-0.3, -0.25) is 9.79 Å². The maximum Gasteiger partial charge on any atom is 0.174 e. The third-order valence-corrected chi connectivity index (χ3v) is 1.50. The first-order valence-electron chi connectivity index (χ1n) is 3.86. The van der Waals surface area contributed by atoms with E-state index in [0.29, 0.717) is 12.1 Å². The number of allylic oxidation sites excluding steroid dienone is 5. The molecule has 2 heteroatoms. The maximum atomic E-state index is 11.0. The third-order valence-electron chi connectivity index (χ3n) is 1.50. The zero-order valence-corrected chi connectivity index (χ0v) is 7.03. The van der Waals surface area contributed by atoms with Gasteiger partial charge in [0.25, 0.3) is 0 Å². The smallest absolute Gasteiger partial charge is 0.174 e. The Morgan fingerprint density at radius 3 is 2.83 bits per heavy atom. The van der Waals surface area contributed by atoms with Crippen molar-refractivity contribution in [2.45, 2.75) is 13.3 Å². The normalized spacial score (nSPS) is 24.2. The van der Waals surface area contributed by atoms with Crippen molar-refractivity contribution in [3.05, 3.63) is 36.6 Å². The number of rotatable bonds is 1. The van der Waals surface area contributed by atoms with Gasteiger partial charge < -0.3 is 0 Å². The summed E-state index contributed by atoms with van der Waals surface area (Å²) in [7, 11) is 0. The van der Waals surface area contributed by atoms with Crippen LogP contribution in [0.15, 0.2) is 41.6 Å². The van der Waals surface area contributed by atoms with Gasteiger partial charge in [0.1, 0.15) is 0 Å². The summed E-state index contributed by atoms with van der Waals surface area (Å²) in [4.78, 5) is 15.0. The molecule has 0 fully saturated rings. The number of carbonyl (C=O) groups is 1. The molecule has 0 amide bonds. The zero-order chi connectivity index (χ0) is 8.81. The molecule has 0 spiro atoms. The van der Waals surface area contributed by atoms with Crippen molar-refractivity contribution in [1.82, 2.24) is 0 Å². The van der Waals surface area contributed by atoms with E-state index in [9.17, 15) is 4.79 Å². The maximum absolute atomic E-state index is 11.0. The highest BCUT2D eigenvalue weighted by atomic mass is 16.1. The fourth-order valence-electron chi connectivity index (χ4n) is 0.857. The van der Waals surface area contributed by atoms with Gasteiger partial charge in [-0.25, -0.2) is 0 Å². The highest BCUT2D eigenvalue weighted by molar-refractivity contribution is 6.39. The molecule has 1 aliphatic heterocycles. The number of ketones is 1. The third kappa shape index (κ3) is 2.66. The van der Waals surface area contributed by atoms with Crippen LogP contribution in [0.3, 0.4) is 0 Å². The van der Waals surface area contributed by atoms with Crippen LogP contribution in [-0.2, 0) is 4.79 Å². The van der Waals surface area contributed by atoms with E-state index in [1.165, 1.54) is 6.92 Å². The first kappa shape index (κ1) is 8.65. The van der Waals surface area contributed by atoms with E-state index in [1.54, 1.807) is 12.3 Å².